The lowest BCUT2D eigenvalue weighted by atomic mass is 10.00. The number of methoxy groups -OCH3 is 1. The van der Waals surface area contributed by atoms with Gasteiger partial charge in [0, 0.05) is 40.4 Å². The Bertz CT molecular complexity index is 1410. The van der Waals surface area contributed by atoms with Crippen molar-refractivity contribution in [1.82, 2.24) is 14.4 Å². The van der Waals surface area contributed by atoms with Crippen molar-refractivity contribution < 1.29 is 9.53 Å². The Balaban J connectivity index is 1.48. The first kappa shape index (κ1) is 23.2. The van der Waals surface area contributed by atoms with Crippen molar-refractivity contribution in [2.45, 2.75) is 25.6 Å². The summed E-state index contributed by atoms with van der Waals surface area (Å²) >= 11 is 7.93. The van der Waals surface area contributed by atoms with Gasteiger partial charge in [-0.25, -0.2) is 4.79 Å². The van der Waals surface area contributed by atoms with Gasteiger partial charge in [0.2, 0.25) is 0 Å². The molecule has 8 heteroatoms. The van der Waals surface area contributed by atoms with Crippen molar-refractivity contribution in [3.63, 3.8) is 0 Å². The van der Waals surface area contributed by atoms with Crippen LogP contribution in [-0.2, 0) is 19.5 Å². The zero-order chi connectivity index (χ0) is 24.8. The third-order valence-corrected chi connectivity index (χ3v) is 8.55. The molecule has 0 spiro atoms. The number of thiophene rings is 1. The summed E-state index contributed by atoms with van der Waals surface area (Å²) in [5.41, 5.74) is 5.46. The molecule has 36 heavy (non-hydrogen) atoms. The molecule has 0 aliphatic carbocycles. The molecule has 2 aromatic heterocycles. The molecule has 184 valence electrons. The lowest BCUT2D eigenvalue weighted by Crippen LogP contribution is -2.38. The molecule has 1 atom stereocenters. The molecule has 1 N–H and O–H groups in total. The third kappa shape index (κ3) is 4.07. The molecular weight excluding hydrogens is 492 g/mol. The summed E-state index contributed by atoms with van der Waals surface area (Å²) in [6.45, 7) is 2.50. The quantitative estimate of drug-likeness (QED) is 0.345. The molecule has 2 aliphatic heterocycles. The van der Waals surface area contributed by atoms with E-state index in [0.29, 0.717) is 17.3 Å². The van der Waals surface area contributed by atoms with Gasteiger partial charge in [-0.05, 0) is 73.1 Å². The van der Waals surface area contributed by atoms with Crippen LogP contribution in [0.4, 0.5) is 10.5 Å². The average Bonchev–Trinajstić information content (AvgIpc) is 3.47. The van der Waals surface area contributed by atoms with Gasteiger partial charge >= 0.3 is 6.03 Å². The normalized spacial score (nSPS) is 17.1. The minimum atomic E-state index is -0.264. The van der Waals surface area contributed by atoms with E-state index in [1.165, 1.54) is 21.0 Å². The summed E-state index contributed by atoms with van der Waals surface area (Å²) in [5, 5.41) is 4.97. The Morgan fingerprint density at radius 2 is 1.83 bits per heavy atom. The number of nitrogens with zero attached hydrogens (tertiary/aromatic N) is 3. The van der Waals surface area contributed by atoms with Gasteiger partial charge in [-0.15, -0.1) is 11.3 Å². The van der Waals surface area contributed by atoms with E-state index in [1.54, 1.807) is 19.2 Å². The van der Waals surface area contributed by atoms with Gasteiger partial charge in [-0.2, -0.15) is 0 Å². The average molecular weight is 519 g/mol. The number of urea groups is 1. The molecule has 0 bridgehead atoms. The van der Waals surface area contributed by atoms with Crippen LogP contribution in [0.5, 0.6) is 5.75 Å². The van der Waals surface area contributed by atoms with E-state index in [9.17, 15) is 4.79 Å². The first-order valence-corrected chi connectivity index (χ1v) is 13.2. The molecule has 2 aromatic carbocycles. The van der Waals surface area contributed by atoms with Crippen LogP contribution in [0.25, 0.3) is 5.00 Å². The highest BCUT2D eigenvalue weighted by Gasteiger charge is 2.36. The van der Waals surface area contributed by atoms with Gasteiger partial charge in [0.25, 0.3) is 0 Å². The number of hydrogen-bond acceptors (Lipinski definition) is 4. The standard InChI is InChI=1S/C28H27ClN4O2S/c1-31-15-13-22-23-16-33(28(34)30-20-9-7-19(29)8-10-20)26(18-5-11-21(35-2)12-6-18)24-4-3-14-32(24)27(23)36-25(22)17-31/h3-12,14,26H,13,15-17H2,1-2H3,(H,30,34). The summed E-state index contributed by atoms with van der Waals surface area (Å²) in [7, 11) is 3.83. The van der Waals surface area contributed by atoms with Crippen LogP contribution in [0.1, 0.15) is 33.3 Å². The number of nitrogens with one attached hydrogen (secondary N) is 1. The Kier molecular flexibility index (Phi) is 5.99. The smallest absolute Gasteiger partial charge is 0.322 e. The highest BCUT2D eigenvalue weighted by Crippen LogP contribution is 2.43. The molecule has 4 aromatic rings. The van der Waals surface area contributed by atoms with E-state index in [1.807, 2.05) is 52.6 Å². The number of ether oxygens (including phenoxy) is 1. The summed E-state index contributed by atoms with van der Waals surface area (Å²) in [5.74, 6) is 0.789. The van der Waals surface area contributed by atoms with Gasteiger partial charge in [0.15, 0.2) is 0 Å². The molecule has 0 saturated heterocycles. The number of rotatable bonds is 3. The van der Waals surface area contributed by atoms with E-state index in [4.69, 9.17) is 16.3 Å². The minimum Gasteiger partial charge on any atom is -0.497 e. The Morgan fingerprint density at radius 1 is 1.06 bits per heavy atom. The van der Waals surface area contributed by atoms with Crippen molar-refractivity contribution in [2.75, 3.05) is 26.0 Å². The van der Waals surface area contributed by atoms with Crippen LogP contribution >= 0.6 is 22.9 Å². The van der Waals surface area contributed by atoms with Crippen molar-refractivity contribution in [2.24, 2.45) is 0 Å². The second-order valence-corrected chi connectivity index (χ2v) is 10.8. The van der Waals surface area contributed by atoms with E-state index < -0.39 is 0 Å². The monoisotopic (exact) mass is 518 g/mol. The van der Waals surface area contributed by atoms with Gasteiger partial charge in [-0.3, -0.25) is 0 Å². The second-order valence-electron chi connectivity index (χ2n) is 9.32. The van der Waals surface area contributed by atoms with Crippen molar-refractivity contribution in [1.29, 1.82) is 0 Å². The predicted octanol–water partition coefficient (Wildman–Crippen LogP) is 6.33. The maximum Gasteiger partial charge on any atom is 0.322 e. The van der Waals surface area contributed by atoms with Crippen molar-refractivity contribution in [3.8, 4) is 10.8 Å². The highest BCUT2D eigenvalue weighted by molar-refractivity contribution is 7.15. The number of anilines is 1. The molecule has 2 aliphatic rings. The number of carbonyl (C=O) groups excluding carboxylic acids is 1. The zero-order valence-electron chi connectivity index (χ0n) is 20.2. The number of benzene rings is 2. The highest BCUT2D eigenvalue weighted by atomic mass is 35.5. The first-order valence-electron chi connectivity index (χ1n) is 12.0. The second kappa shape index (κ2) is 9.32. The number of carbonyl (C=O) groups is 1. The molecule has 6 rings (SSSR count). The van der Waals surface area contributed by atoms with E-state index in [0.717, 1.165) is 36.5 Å². The Hall–Kier alpha value is -3.26. The number of likely N-dealkylation sites (N-methyl/N-ethyl adjacent to an activating group) is 1. The number of halogens is 1. The van der Waals surface area contributed by atoms with E-state index >= 15 is 0 Å². The van der Waals surface area contributed by atoms with Crippen LogP contribution in [0.3, 0.4) is 0 Å². The molecule has 2 amide bonds. The zero-order valence-corrected chi connectivity index (χ0v) is 21.8. The van der Waals surface area contributed by atoms with Crippen LogP contribution in [0, 0.1) is 0 Å². The molecular formula is C28H27ClN4O2S. The molecule has 0 radical (unpaired) electrons. The van der Waals surface area contributed by atoms with Crippen molar-refractivity contribution in [3.05, 3.63) is 99.1 Å². The van der Waals surface area contributed by atoms with E-state index in [2.05, 4.69) is 40.2 Å². The maximum atomic E-state index is 13.9. The Labute approximate surface area is 219 Å². The van der Waals surface area contributed by atoms with Gasteiger partial charge in [0.1, 0.15) is 10.8 Å². The summed E-state index contributed by atoms with van der Waals surface area (Å²) in [6.07, 6.45) is 3.12. The molecule has 4 heterocycles. The fourth-order valence-electron chi connectivity index (χ4n) is 5.22. The van der Waals surface area contributed by atoms with Crippen LogP contribution in [0.2, 0.25) is 5.02 Å². The SMILES string of the molecule is COc1ccc(C2c3cccn3-c3sc4c(c3CN2C(=O)Nc2ccc(Cl)cc2)CCN(C)C4)cc1. The van der Waals surface area contributed by atoms with Crippen LogP contribution in [-0.4, -0.2) is 41.1 Å². The van der Waals surface area contributed by atoms with Crippen LogP contribution in [0.15, 0.2) is 66.9 Å². The first-order chi connectivity index (χ1) is 17.5. The summed E-state index contributed by atoms with van der Waals surface area (Å²) in [4.78, 5) is 19.7. The molecule has 0 fully saturated rings. The summed E-state index contributed by atoms with van der Waals surface area (Å²) in [6, 6.07) is 19.0. The number of aromatic nitrogens is 1. The third-order valence-electron chi connectivity index (χ3n) is 7.04. The fraction of sp³-hybridized carbons (Fsp3) is 0.250. The van der Waals surface area contributed by atoms with Gasteiger partial charge in [0.05, 0.1) is 25.4 Å². The van der Waals surface area contributed by atoms with Crippen molar-refractivity contribution >= 4 is 34.7 Å². The topological polar surface area (TPSA) is 49.7 Å². The van der Waals surface area contributed by atoms with Gasteiger partial charge in [-0.1, -0.05) is 23.7 Å². The number of fused-ring (bicyclic) bond motifs is 5. The van der Waals surface area contributed by atoms with Crippen LogP contribution < -0.4 is 10.1 Å². The molecule has 1 unspecified atom stereocenters. The fourth-order valence-corrected chi connectivity index (χ4v) is 6.79. The summed E-state index contributed by atoms with van der Waals surface area (Å²) < 4.78 is 7.68. The number of amides is 2. The predicted molar refractivity (Wildman–Crippen MR) is 145 cm³/mol. The molecule has 6 nitrogen and oxygen atoms in total. The minimum absolute atomic E-state index is 0.147. The van der Waals surface area contributed by atoms with Gasteiger partial charge < -0.3 is 24.4 Å². The van der Waals surface area contributed by atoms with E-state index in [-0.39, 0.29) is 12.1 Å². The molecule has 0 saturated carbocycles. The number of hydrogen-bond donors (Lipinski definition) is 1. The lowest BCUT2D eigenvalue weighted by Gasteiger charge is -2.32. The maximum absolute atomic E-state index is 13.9. The largest absolute Gasteiger partial charge is 0.497 e. The Morgan fingerprint density at radius 3 is 2.58 bits per heavy atom. The lowest BCUT2D eigenvalue weighted by molar-refractivity contribution is 0.194.